The van der Waals surface area contributed by atoms with Gasteiger partial charge in [0.05, 0.1) is 30.2 Å². The first-order chi connectivity index (χ1) is 13.2. The quantitative estimate of drug-likeness (QED) is 0.707. The first-order valence-corrected chi connectivity index (χ1v) is 9.33. The molecule has 1 aliphatic rings. The average molecular weight is 363 g/mol. The number of aliphatic hydroxyl groups is 1. The molecular weight excluding hydrogens is 341 g/mol. The van der Waals surface area contributed by atoms with E-state index in [9.17, 15) is 5.11 Å². The van der Waals surface area contributed by atoms with Crippen molar-refractivity contribution in [3.05, 3.63) is 66.7 Å². The Morgan fingerprint density at radius 1 is 0.889 bits per heavy atom. The van der Waals surface area contributed by atoms with Crippen molar-refractivity contribution >= 4 is 5.82 Å². The van der Waals surface area contributed by atoms with E-state index in [0.29, 0.717) is 22.6 Å². The van der Waals surface area contributed by atoms with E-state index in [1.807, 2.05) is 36.4 Å². The molecule has 1 aromatic heterocycles. The smallest absolute Gasteiger partial charge is 0.144 e. The van der Waals surface area contributed by atoms with Crippen molar-refractivity contribution in [3.63, 3.8) is 0 Å². The van der Waals surface area contributed by atoms with Crippen molar-refractivity contribution in [2.24, 2.45) is 0 Å². The molecule has 1 aliphatic carbocycles. The van der Waals surface area contributed by atoms with Crippen molar-refractivity contribution in [3.8, 4) is 22.4 Å². The number of hydrogen-bond acceptors (Lipinski definition) is 4. The fourth-order valence-corrected chi connectivity index (χ4v) is 3.58. The van der Waals surface area contributed by atoms with Gasteiger partial charge in [-0.2, -0.15) is 0 Å². The third kappa shape index (κ3) is 3.83. The van der Waals surface area contributed by atoms with Crippen LogP contribution in [0, 0.1) is 5.82 Å². The second-order valence-corrected chi connectivity index (χ2v) is 6.92. The third-order valence-corrected chi connectivity index (χ3v) is 5.07. The van der Waals surface area contributed by atoms with Crippen molar-refractivity contribution < 1.29 is 9.50 Å². The number of nitrogens with zero attached hydrogens (tertiary/aromatic N) is 2. The Morgan fingerprint density at radius 3 is 2.41 bits per heavy atom. The van der Waals surface area contributed by atoms with Crippen molar-refractivity contribution in [2.45, 2.75) is 37.8 Å². The summed E-state index contributed by atoms with van der Waals surface area (Å²) >= 11 is 0. The first-order valence-electron chi connectivity index (χ1n) is 9.33. The molecule has 1 fully saturated rings. The van der Waals surface area contributed by atoms with Gasteiger partial charge in [-0.05, 0) is 24.5 Å². The van der Waals surface area contributed by atoms with Gasteiger partial charge in [0, 0.05) is 11.1 Å². The van der Waals surface area contributed by atoms with Gasteiger partial charge >= 0.3 is 0 Å². The minimum absolute atomic E-state index is 0.00274. The van der Waals surface area contributed by atoms with Crippen LogP contribution in [0.4, 0.5) is 10.2 Å². The number of nitrogens with one attached hydrogen (secondary N) is 1. The molecule has 27 heavy (non-hydrogen) atoms. The maximum absolute atomic E-state index is 15.1. The van der Waals surface area contributed by atoms with Crippen molar-refractivity contribution in [1.29, 1.82) is 0 Å². The lowest BCUT2D eigenvalue weighted by Crippen LogP contribution is -2.36. The Morgan fingerprint density at radius 2 is 1.67 bits per heavy atom. The molecule has 3 aromatic rings. The molecule has 0 amide bonds. The van der Waals surface area contributed by atoms with E-state index in [1.165, 1.54) is 0 Å². The molecule has 2 aromatic carbocycles. The van der Waals surface area contributed by atoms with Crippen LogP contribution >= 0.6 is 0 Å². The lowest BCUT2D eigenvalue weighted by atomic mass is 9.93. The maximum Gasteiger partial charge on any atom is 0.144 e. The Labute approximate surface area is 158 Å². The molecule has 0 spiro atoms. The average Bonchev–Trinajstić information content (AvgIpc) is 2.71. The standard InChI is InChI=1S/C22H22FN3O/c23-22-16(15-7-2-1-3-8-15)9-6-10-17(22)19-13-25-21(14-24-19)26-18-11-4-5-12-20(18)27/h1-3,6-10,13-14,18,20,27H,4-5,11-12H2,(H,25,26)/t18-,20+/m1/s1. The molecule has 1 heterocycles. The van der Waals surface area contributed by atoms with Gasteiger partial charge in [0.25, 0.3) is 0 Å². The van der Waals surface area contributed by atoms with Crippen molar-refractivity contribution in [2.75, 3.05) is 5.32 Å². The molecule has 138 valence electrons. The second-order valence-electron chi connectivity index (χ2n) is 6.92. The Bertz CT molecular complexity index is 899. The minimum atomic E-state index is -0.361. The number of hydrogen-bond donors (Lipinski definition) is 2. The molecule has 2 N–H and O–H groups in total. The van der Waals surface area contributed by atoms with Crippen LogP contribution in [-0.4, -0.2) is 27.2 Å². The van der Waals surface area contributed by atoms with Gasteiger partial charge in [0.1, 0.15) is 11.6 Å². The van der Waals surface area contributed by atoms with Gasteiger partial charge in [0.2, 0.25) is 0 Å². The predicted octanol–water partition coefficient (Wildman–Crippen LogP) is 4.67. The molecule has 0 bridgehead atoms. The summed E-state index contributed by atoms with van der Waals surface area (Å²) < 4.78 is 15.1. The van der Waals surface area contributed by atoms with Crippen LogP contribution in [0.1, 0.15) is 25.7 Å². The molecule has 2 atom stereocenters. The zero-order valence-corrected chi connectivity index (χ0v) is 15.0. The van der Waals surface area contributed by atoms with Gasteiger partial charge in [-0.1, -0.05) is 55.3 Å². The minimum Gasteiger partial charge on any atom is -0.391 e. The van der Waals surface area contributed by atoms with Crippen LogP contribution in [0.15, 0.2) is 60.9 Å². The van der Waals surface area contributed by atoms with E-state index >= 15 is 4.39 Å². The zero-order valence-electron chi connectivity index (χ0n) is 15.0. The summed E-state index contributed by atoms with van der Waals surface area (Å²) in [7, 11) is 0. The Balaban J connectivity index is 1.57. The molecule has 0 radical (unpaired) electrons. The molecule has 0 aliphatic heterocycles. The molecule has 4 rings (SSSR count). The monoisotopic (exact) mass is 363 g/mol. The van der Waals surface area contributed by atoms with Crippen LogP contribution < -0.4 is 5.32 Å². The van der Waals surface area contributed by atoms with Gasteiger partial charge in [-0.3, -0.25) is 4.98 Å². The summed E-state index contributed by atoms with van der Waals surface area (Å²) in [6.45, 7) is 0. The summed E-state index contributed by atoms with van der Waals surface area (Å²) in [6.07, 6.45) is 6.69. The van der Waals surface area contributed by atoms with E-state index < -0.39 is 0 Å². The van der Waals surface area contributed by atoms with Gasteiger partial charge in [0.15, 0.2) is 0 Å². The molecule has 0 saturated heterocycles. The molecule has 1 saturated carbocycles. The van der Waals surface area contributed by atoms with Gasteiger partial charge < -0.3 is 10.4 Å². The number of halogens is 1. The SMILES string of the molecule is O[C@H]1CCCC[C@H]1Nc1cnc(-c2cccc(-c3ccccc3)c2F)cn1. The summed E-state index contributed by atoms with van der Waals surface area (Å²) in [5.41, 5.74) is 2.28. The number of aromatic nitrogens is 2. The lowest BCUT2D eigenvalue weighted by Gasteiger charge is -2.28. The highest BCUT2D eigenvalue weighted by Crippen LogP contribution is 2.30. The highest BCUT2D eigenvalue weighted by atomic mass is 19.1. The van der Waals surface area contributed by atoms with E-state index in [4.69, 9.17) is 0 Å². The largest absolute Gasteiger partial charge is 0.391 e. The lowest BCUT2D eigenvalue weighted by molar-refractivity contribution is 0.116. The molecule has 4 nitrogen and oxygen atoms in total. The summed E-state index contributed by atoms with van der Waals surface area (Å²) in [5.74, 6) is 0.297. The number of anilines is 1. The van der Waals surface area contributed by atoms with E-state index in [-0.39, 0.29) is 18.0 Å². The molecular formula is C22H22FN3O. The van der Waals surface area contributed by atoms with E-state index in [0.717, 1.165) is 31.2 Å². The predicted molar refractivity (Wildman–Crippen MR) is 105 cm³/mol. The molecule has 0 unspecified atom stereocenters. The van der Waals surface area contributed by atoms with Crippen LogP contribution in [0.5, 0.6) is 0 Å². The summed E-state index contributed by atoms with van der Waals surface area (Å²) in [5, 5.41) is 13.3. The van der Waals surface area contributed by atoms with Gasteiger partial charge in [-0.15, -0.1) is 0 Å². The van der Waals surface area contributed by atoms with Gasteiger partial charge in [-0.25, -0.2) is 9.37 Å². The van der Waals surface area contributed by atoms with Crippen molar-refractivity contribution in [1.82, 2.24) is 9.97 Å². The number of rotatable bonds is 4. The first kappa shape index (κ1) is 17.6. The number of aliphatic hydroxyl groups excluding tert-OH is 1. The number of benzene rings is 2. The molecule has 5 heteroatoms. The van der Waals surface area contributed by atoms with Crippen LogP contribution in [-0.2, 0) is 0 Å². The Hall–Kier alpha value is -2.79. The second kappa shape index (κ2) is 7.84. The summed E-state index contributed by atoms with van der Waals surface area (Å²) in [4.78, 5) is 8.76. The maximum atomic E-state index is 15.1. The fraction of sp³-hybridized carbons (Fsp3) is 0.273. The normalized spacial score (nSPS) is 19.6. The van der Waals surface area contributed by atoms with E-state index in [2.05, 4.69) is 15.3 Å². The highest BCUT2D eigenvalue weighted by Gasteiger charge is 2.23. The fourth-order valence-electron chi connectivity index (χ4n) is 3.58. The highest BCUT2D eigenvalue weighted by molar-refractivity contribution is 5.72. The zero-order chi connectivity index (χ0) is 18.6. The van der Waals surface area contributed by atoms with Crippen LogP contribution in [0.2, 0.25) is 0 Å². The third-order valence-electron chi connectivity index (χ3n) is 5.07. The van der Waals surface area contributed by atoms with Crippen LogP contribution in [0.3, 0.4) is 0 Å². The van der Waals surface area contributed by atoms with Crippen LogP contribution in [0.25, 0.3) is 22.4 Å². The Kier molecular flexibility index (Phi) is 5.12. The van der Waals surface area contributed by atoms with E-state index in [1.54, 1.807) is 24.5 Å². The summed E-state index contributed by atoms with van der Waals surface area (Å²) in [6, 6.07) is 14.8. The topological polar surface area (TPSA) is 58.0 Å².